The zero-order chi connectivity index (χ0) is 21.7. The van der Waals surface area contributed by atoms with Crippen LogP contribution < -0.4 is 4.90 Å². The van der Waals surface area contributed by atoms with Crippen LogP contribution in [0, 0.1) is 6.92 Å². The molecule has 8 nitrogen and oxygen atoms in total. The van der Waals surface area contributed by atoms with E-state index in [9.17, 15) is 4.79 Å². The molecule has 1 fully saturated rings. The van der Waals surface area contributed by atoms with Crippen molar-refractivity contribution in [1.29, 1.82) is 0 Å². The van der Waals surface area contributed by atoms with Crippen LogP contribution in [0.4, 0.5) is 5.95 Å². The number of carbonyl (C=O) groups excluding carboxylic acids is 1. The van der Waals surface area contributed by atoms with Crippen molar-refractivity contribution >= 4 is 39.3 Å². The van der Waals surface area contributed by atoms with E-state index in [2.05, 4.69) is 26.0 Å². The summed E-state index contributed by atoms with van der Waals surface area (Å²) in [5, 5.41) is 6.69. The van der Waals surface area contributed by atoms with Crippen LogP contribution in [0.15, 0.2) is 54.7 Å². The van der Waals surface area contributed by atoms with Gasteiger partial charge in [-0.3, -0.25) is 4.79 Å². The molecule has 4 heterocycles. The van der Waals surface area contributed by atoms with Crippen molar-refractivity contribution < 1.29 is 4.79 Å². The molecule has 1 amide bonds. The lowest BCUT2D eigenvalue weighted by Gasteiger charge is -2.35. The van der Waals surface area contributed by atoms with Crippen LogP contribution in [0.5, 0.6) is 0 Å². The quantitative estimate of drug-likeness (QED) is 0.481. The molecule has 0 unspecified atom stereocenters. The Labute approximate surface area is 184 Å². The summed E-state index contributed by atoms with van der Waals surface area (Å²) in [5.41, 5.74) is 3.83. The standard InChI is InChI=1S/C24H23N7O/c1-16-26-23-19-7-3-5-9-21(19)27-24(31(23)28-16)30-12-10-29(11-13-30)22(32)14-17-15-25-20-8-4-2-6-18(17)20/h2-9,15,25H,10-14H2,1H3. The molecule has 2 aromatic carbocycles. The van der Waals surface area contributed by atoms with E-state index in [1.807, 2.05) is 65.0 Å². The number of fused-ring (bicyclic) bond motifs is 4. The average molecular weight is 425 g/mol. The molecular formula is C24H23N7O. The number of aromatic amines is 1. The minimum absolute atomic E-state index is 0.155. The van der Waals surface area contributed by atoms with Crippen molar-refractivity contribution in [3.8, 4) is 0 Å². The number of H-pyrrole nitrogens is 1. The Hall–Kier alpha value is -3.94. The Morgan fingerprint density at radius 3 is 2.56 bits per heavy atom. The van der Waals surface area contributed by atoms with Crippen LogP contribution >= 0.6 is 0 Å². The number of nitrogens with zero attached hydrogens (tertiary/aromatic N) is 6. The molecule has 1 saturated heterocycles. The number of para-hydroxylation sites is 2. The highest BCUT2D eigenvalue weighted by Crippen LogP contribution is 2.24. The summed E-state index contributed by atoms with van der Waals surface area (Å²) in [5.74, 6) is 1.66. The summed E-state index contributed by atoms with van der Waals surface area (Å²) >= 11 is 0. The minimum atomic E-state index is 0.155. The van der Waals surface area contributed by atoms with E-state index in [0.29, 0.717) is 32.6 Å². The smallest absolute Gasteiger partial charge is 0.229 e. The molecule has 1 N–H and O–H groups in total. The third kappa shape index (κ3) is 3.07. The monoisotopic (exact) mass is 425 g/mol. The molecule has 3 aromatic heterocycles. The van der Waals surface area contributed by atoms with Crippen molar-refractivity contribution in [3.63, 3.8) is 0 Å². The number of benzene rings is 2. The van der Waals surface area contributed by atoms with E-state index < -0.39 is 0 Å². The molecule has 32 heavy (non-hydrogen) atoms. The summed E-state index contributed by atoms with van der Waals surface area (Å²) in [4.78, 5) is 29.9. The van der Waals surface area contributed by atoms with E-state index in [4.69, 9.17) is 4.98 Å². The van der Waals surface area contributed by atoms with Crippen molar-refractivity contribution in [2.24, 2.45) is 0 Å². The van der Waals surface area contributed by atoms with Crippen molar-refractivity contribution in [2.45, 2.75) is 13.3 Å². The van der Waals surface area contributed by atoms with Crippen LogP contribution in [-0.2, 0) is 11.2 Å². The lowest BCUT2D eigenvalue weighted by atomic mass is 10.1. The van der Waals surface area contributed by atoms with Gasteiger partial charge in [0.2, 0.25) is 11.9 Å². The van der Waals surface area contributed by atoms with Gasteiger partial charge >= 0.3 is 0 Å². The fourth-order valence-electron chi connectivity index (χ4n) is 4.56. The molecule has 0 spiro atoms. The minimum Gasteiger partial charge on any atom is -0.361 e. The van der Waals surface area contributed by atoms with Gasteiger partial charge in [0.05, 0.1) is 11.9 Å². The first-order chi connectivity index (χ1) is 15.7. The Balaban J connectivity index is 1.22. The normalized spacial score (nSPS) is 14.7. The van der Waals surface area contributed by atoms with Gasteiger partial charge in [-0.15, -0.1) is 5.10 Å². The van der Waals surface area contributed by atoms with Gasteiger partial charge in [-0.25, -0.2) is 9.97 Å². The molecule has 1 aliphatic rings. The molecule has 1 aliphatic heterocycles. The number of nitrogens with one attached hydrogen (secondary N) is 1. The second-order valence-corrected chi connectivity index (χ2v) is 8.23. The fourth-order valence-corrected chi connectivity index (χ4v) is 4.56. The average Bonchev–Trinajstić information content (AvgIpc) is 3.42. The number of piperazine rings is 1. The summed E-state index contributed by atoms with van der Waals surface area (Å²) < 4.78 is 1.83. The maximum atomic E-state index is 13.0. The van der Waals surface area contributed by atoms with Gasteiger partial charge in [-0.05, 0) is 30.7 Å². The molecule has 0 atom stereocenters. The summed E-state index contributed by atoms with van der Waals surface area (Å²) in [6.45, 7) is 4.63. The van der Waals surface area contributed by atoms with Gasteiger partial charge in [-0.2, -0.15) is 4.52 Å². The Morgan fingerprint density at radius 2 is 1.72 bits per heavy atom. The molecule has 160 valence electrons. The zero-order valence-electron chi connectivity index (χ0n) is 17.8. The van der Waals surface area contributed by atoms with Gasteiger partial charge in [0.1, 0.15) is 5.82 Å². The molecule has 6 rings (SSSR count). The Kier molecular flexibility index (Phi) is 4.31. The lowest BCUT2D eigenvalue weighted by Crippen LogP contribution is -2.50. The summed E-state index contributed by atoms with van der Waals surface area (Å²) in [6, 6.07) is 16.1. The van der Waals surface area contributed by atoms with Crippen LogP contribution in [0.2, 0.25) is 0 Å². The third-order valence-electron chi connectivity index (χ3n) is 6.20. The SMILES string of the molecule is Cc1nc2c3ccccc3nc(N3CCN(C(=O)Cc4c[nH]c5ccccc45)CC3)n2n1. The first-order valence-corrected chi connectivity index (χ1v) is 10.9. The van der Waals surface area contributed by atoms with Crippen molar-refractivity contribution in [3.05, 3.63) is 66.1 Å². The van der Waals surface area contributed by atoms with Crippen molar-refractivity contribution in [1.82, 2.24) is 29.5 Å². The van der Waals surface area contributed by atoms with Crippen molar-refractivity contribution in [2.75, 3.05) is 31.1 Å². The Bertz CT molecular complexity index is 1460. The number of aryl methyl sites for hydroxylation is 1. The Morgan fingerprint density at radius 1 is 0.969 bits per heavy atom. The number of hydrogen-bond acceptors (Lipinski definition) is 5. The van der Waals surface area contributed by atoms with Gasteiger partial charge in [-0.1, -0.05) is 30.3 Å². The molecule has 8 heteroatoms. The van der Waals surface area contributed by atoms with Gasteiger partial charge in [0.25, 0.3) is 0 Å². The number of aromatic nitrogens is 5. The van der Waals surface area contributed by atoms with Gasteiger partial charge < -0.3 is 14.8 Å². The lowest BCUT2D eigenvalue weighted by molar-refractivity contribution is -0.130. The third-order valence-corrected chi connectivity index (χ3v) is 6.20. The number of carbonyl (C=O) groups is 1. The second-order valence-electron chi connectivity index (χ2n) is 8.23. The fraction of sp³-hybridized carbons (Fsp3) is 0.250. The van der Waals surface area contributed by atoms with Crippen LogP contribution in [-0.4, -0.2) is 61.6 Å². The highest BCUT2D eigenvalue weighted by Gasteiger charge is 2.25. The first-order valence-electron chi connectivity index (χ1n) is 10.9. The largest absolute Gasteiger partial charge is 0.361 e. The van der Waals surface area contributed by atoms with E-state index >= 15 is 0 Å². The molecular weight excluding hydrogens is 402 g/mol. The number of amides is 1. The number of anilines is 1. The van der Waals surface area contributed by atoms with Crippen LogP contribution in [0.3, 0.4) is 0 Å². The molecule has 0 aliphatic carbocycles. The van der Waals surface area contributed by atoms with E-state index in [1.165, 1.54) is 0 Å². The molecule has 0 saturated carbocycles. The summed E-state index contributed by atoms with van der Waals surface area (Å²) in [7, 11) is 0. The van der Waals surface area contributed by atoms with E-state index in [1.54, 1.807) is 0 Å². The summed E-state index contributed by atoms with van der Waals surface area (Å²) in [6.07, 6.45) is 2.35. The molecule has 5 aromatic rings. The van der Waals surface area contributed by atoms with Gasteiger partial charge in [0, 0.05) is 48.7 Å². The number of hydrogen-bond donors (Lipinski definition) is 1. The number of rotatable bonds is 3. The second kappa shape index (κ2) is 7.33. The highest BCUT2D eigenvalue weighted by molar-refractivity contribution is 5.92. The first kappa shape index (κ1) is 18.8. The van der Waals surface area contributed by atoms with Gasteiger partial charge in [0.15, 0.2) is 5.65 Å². The van der Waals surface area contributed by atoms with Crippen LogP contribution in [0.25, 0.3) is 27.5 Å². The van der Waals surface area contributed by atoms with E-state index in [-0.39, 0.29) is 5.91 Å². The topological polar surface area (TPSA) is 82.4 Å². The van der Waals surface area contributed by atoms with Crippen LogP contribution in [0.1, 0.15) is 11.4 Å². The maximum absolute atomic E-state index is 13.0. The van der Waals surface area contributed by atoms with E-state index in [0.717, 1.165) is 44.8 Å². The molecule has 0 radical (unpaired) electrons. The predicted molar refractivity (Wildman–Crippen MR) is 124 cm³/mol. The zero-order valence-corrected chi connectivity index (χ0v) is 17.8. The predicted octanol–water partition coefficient (Wildman–Crippen LogP) is 2.96. The maximum Gasteiger partial charge on any atom is 0.229 e. The molecule has 0 bridgehead atoms. The highest BCUT2D eigenvalue weighted by atomic mass is 16.2.